The first kappa shape index (κ1) is 13.4. The molecule has 0 atom stereocenters. The van der Waals surface area contributed by atoms with E-state index in [2.05, 4.69) is 0 Å². The number of hydrogen-bond acceptors (Lipinski definition) is 1. The molecule has 0 radical (unpaired) electrons. The Labute approximate surface area is 110 Å². The molecule has 0 amide bonds. The zero-order valence-corrected chi connectivity index (χ0v) is 10.8. The predicted molar refractivity (Wildman–Crippen MR) is 70.3 cm³/mol. The maximum Gasteiger partial charge on any atom is 0.167 e. The van der Waals surface area contributed by atoms with E-state index in [-0.39, 0.29) is 18.0 Å². The molecule has 19 heavy (non-hydrogen) atoms. The van der Waals surface area contributed by atoms with Gasteiger partial charge < -0.3 is 0 Å². The van der Waals surface area contributed by atoms with E-state index >= 15 is 0 Å². The maximum atomic E-state index is 13.5. The first-order valence-corrected chi connectivity index (χ1v) is 6.02. The molecule has 0 saturated heterocycles. The monoisotopic (exact) mass is 260 g/mol. The lowest BCUT2D eigenvalue weighted by Crippen LogP contribution is -2.06. The molecule has 0 saturated carbocycles. The van der Waals surface area contributed by atoms with Gasteiger partial charge in [-0.1, -0.05) is 18.2 Å². The number of hydrogen-bond donors (Lipinski definition) is 0. The van der Waals surface area contributed by atoms with Gasteiger partial charge in [0.05, 0.1) is 0 Å². The molecule has 2 aromatic rings. The fraction of sp³-hybridized carbons (Fsp3) is 0.188. The van der Waals surface area contributed by atoms with Crippen LogP contribution in [0.4, 0.5) is 8.78 Å². The molecule has 0 bridgehead atoms. The molecule has 0 aliphatic heterocycles. The normalized spacial score (nSPS) is 10.5. The van der Waals surface area contributed by atoms with Crippen LogP contribution in [0.15, 0.2) is 36.4 Å². The summed E-state index contributed by atoms with van der Waals surface area (Å²) in [5, 5.41) is 0. The summed E-state index contributed by atoms with van der Waals surface area (Å²) in [6.07, 6.45) is -0.0167. The van der Waals surface area contributed by atoms with E-state index in [9.17, 15) is 13.6 Å². The lowest BCUT2D eigenvalue weighted by molar-refractivity contribution is 0.0991. The molecule has 0 unspecified atom stereocenters. The first-order valence-electron chi connectivity index (χ1n) is 6.02. The van der Waals surface area contributed by atoms with Gasteiger partial charge in [0.15, 0.2) is 5.78 Å². The van der Waals surface area contributed by atoms with Crippen LogP contribution in [0.5, 0.6) is 0 Å². The van der Waals surface area contributed by atoms with Gasteiger partial charge in [-0.3, -0.25) is 4.79 Å². The van der Waals surface area contributed by atoms with Crippen LogP contribution in [-0.2, 0) is 6.42 Å². The Hall–Kier alpha value is -2.03. The highest BCUT2D eigenvalue weighted by Crippen LogP contribution is 2.17. The largest absolute Gasteiger partial charge is 0.294 e. The Kier molecular flexibility index (Phi) is 3.74. The highest BCUT2D eigenvalue weighted by Gasteiger charge is 2.13. The summed E-state index contributed by atoms with van der Waals surface area (Å²) in [6.45, 7) is 3.23. The molecule has 0 N–H and O–H groups in total. The average molecular weight is 260 g/mol. The summed E-state index contributed by atoms with van der Waals surface area (Å²) in [5.74, 6) is -0.912. The lowest BCUT2D eigenvalue weighted by Gasteiger charge is -2.07. The van der Waals surface area contributed by atoms with Crippen molar-refractivity contribution in [3.8, 4) is 0 Å². The van der Waals surface area contributed by atoms with E-state index in [4.69, 9.17) is 0 Å². The van der Waals surface area contributed by atoms with E-state index in [0.29, 0.717) is 22.3 Å². The number of carbonyl (C=O) groups excluding carboxylic acids is 1. The Bertz CT molecular complexity index is 609. The van der Waals surface area contributed by atoms with Crippen molar-refractivity contribution in [2.24, 2.45) is 0 Å². The minimum atomic E-state index is -0.397. The second kappa shape index (κ2) is 5.31. The number of benzene rings is 2. The van der Waals surface area contributed by atoms with Gasteiger partial charge in [-0.15, -0.1) is 0 Å². The molecular formula is C16H14F2O. The van der Waals surface area contributed by atoms with Gasteiger partial charge in [-0.25, -0.2) is 8.78 Å². The highest BCUT2D eigenvalue weighted by molar-refractivity contribution is 5.97. The van der Waals surface area contributed by atoms with Crippen LogP contribution in [-0.4, -0.2) is 5.78 Å². The standard InChI is InChI=1S/C16H14F2O/c1-10-7-13(8-11(2)16(10)18)15(19)9-12-5-3-4-6-14(12)17/h3-8H,9H2,1-2H3. The minimum absolute atomic E-state index is 0.0167. The summed E-state index contributed by atoms with van der Waals surface area (Å²) >= 11 is 0. The number of Topliss-reactive ketones (excluding diaryl/α,β-unsaturated/α-hetero) is 1. The van der Waals surface area contributed by atoms with Crippen molar-refractivity contribution in [2.45, 2.75) is 20.3 Å². The Morgan fingerprint density at radius 3 is 2.21 bits per heavy atom. The lowest BCUT2D eigenvalue weighted by atomic mass is 9.99. The van der Waals surface area contributed by atoms with Crippen molar-refractivity contribution in [2.75, 3.05) is 0 Å². The summed E-state index contributed by atoms with van der Waals surface area (Å²) in [5.41, 5.74) is 1.63. The van der Waals surface area contributed by atoms with Crippen LogP contribution >= 0.6 is 0 Å². The van der Waals surface area contributed by atoms with Crippen molar-refractivity contribution in [3.63, 3.8) is 0 Å². The van der Waals surface area contributed by atoms with Gasteiger partial charge >= 0.3 is 0 Å². The van der Waals surface area contributed by atoms with Crippen LogP contribution in [0.3, 0.4) is 0 Å². The number of rotatable bonds is 3. The van der Waals surface area contributed by atoms with Crippen molar-refractivity contribution < 1.29 is 13.6 Å². The zero-order chi connectivity index (χ0) is 14.0. The molecule has 0 fully saturated rings. The second-order valence-electron chi connectivity index (χ2n) is 4.62. The quantitative estimate of drug-likeness (QED) is 0.762. The first-order chi connectivity index (χ1) is 8.99. The fourth-order valence-corrected chi connectivity index (χ4v) is 2.02. The Balaban J connectivity index is 2.28. The third-order valence-electron chi connectivity index (χ3n) is 3.07. The molecule has 0 aliphatic rings. The molecule has 1 nitrogen and oxygen atoms in total. The molecule has 98 valence electrons. The Morgan fingerprint density at radius 2 is 1.63 bits per heavy atom. The van der Waals surface area contributed by atoms with Gasteiger partial charge in [0.25, 0.3) is 0 Å². The van der Waals surface area contributed by atoms with Crippen LogP contribution < -0.4 is 0 Å². The van der Waals surface area contributed by atoms with E-state index in [1.165, 1.54) is 18.2 Å². The summed E-state index contributed by atoms with van der Waals surface area (Å²) in [6, 6.07) is 9.18. The summed E-state index contributed by atoms with van der Waals surface area (Å²) < 4.78 is 27.0. The Morgan fingerprint density at radius 1 is 1.05 bits per heavy atom. The smallest absolute Gasteiger partial charge is 0.167 e. The van der Waals surface area contributed by atoms with E-state index in [1.54, 1.807) is 32.0 Å². The van der Waals surface area contributed by atoms with Gasteiger partial charge in [0, 0.05) is 12.0 Å². The summed E-state index contributed by atoms with van der Waals surface area (Å²) in [4.78, 5) is 12.1. The van der Waals surface area contributed by atoms with Crippen LogP contribution in [0.25, 0.3) is 0 Å². The molecule has 0 aromatic heterocycles. The molecule has 2 aromatic carbocycles. The topological polar surface area (TPSA) is 17.1 Å². The predicted octanol–water partition coefficient (Wildman–Crippen LogP) is 4.01. The van der Waals surface area contributed by atoms with Crippen molar-refractivity contribution in [1.29, 1.82) is 0 Å². The SMILES string of the molecule is Cc1cc(C(=O)Cc2ccccc2F)cc(C)c1F. The van der Waals surface area contributed by atoms with E-state index in [0.717, 1.165) is 0 Å². The van der Waals surface area contributed by atoms with Crippen LogP contribution in [0, 0.1) is 25.5 Å². The van der Waals surface area contributed by atoms with Crippen molar-refractivity contribution >= 4 is 5.78 Å². The summed E-state index contributed by atoms with van der Waals surface area (Å²) in [7, 11) is 0. The average Bonchev–Trinajstić information content (AvgIpc) is 2.38. The van der Waals surface area contributed by atoms with E-state index in [1.807, 2.05) is 0 Å². The van der Waals surface area contributed by atoms with Gasteiger partial charge in [0.1, 0.15) is 11.6 Å². The number of ketones is 1. The molecule has 2 rings (SSSR count). The third kappa shape index (κ3) is 2.87. The van der Waals surface area contributed by atoms with Crippen molar-refractivity contribution in [3.05, 3.63) is 70.3 Å². The number of halogens is 2. The van der Waals surface area contributed by atoms with Gasteiger partial charge in [-0.05, 0) is 48.7 Å². The van der Waals surface area contributed by atoms with Gasteiger partial charge in [0.2, 0.25) is 0 Å². The molecule has 0 spiro atoms. The van der Waals surface area contributed by atoms with Crippen LogP contribution in [0.1, 0.15) is 27.0 Å². The highest BCUT2D eigenvalue weighted by atomic mass is 19.1. The van der Waals surface area contributed by atoms with E-state index < -0.39 is 5.82 Å². The zero-order valence-electron chi connectivity index (χ0n) is 10.8. The molecular weight excluding hydrogens is 246 g/mol. The molecule has 0 heterocycles. The number of carbonyl (C=O) groups is 1. The second-order valence-corrected chi connectivity index (χ2v) is 4.62. The molecule has 3 heteroatoms. The third-order valence-corrected chi connectivity index (χ3v) is 3.07. The van der Waals surface area contributed by atoms with Crippen molar-refractivity contribution in [1.82, 2.24) is 0 Å². The number of aryl methyl sites for hydroxylation is 2. The fourth-order valence-electron chi connectivity index (χ4n) is 2.02. The minimum Gasteiger partial charge on any atom is -0.294 e. The maximum absolute atomic E-state index is 13.5. The van der Waals surface area contributed by atoms with Crippen LogP contribution in [0.2, 0.25) is 0 Å². The van der Waals surface area contributed by atoms with Gasteiger partial charge in [-0.2, -0.15) is 0 Å². The molecule has 0 aliphatic carbocycles.